The van der Waals surface area contributed by atoms with Crippen molar-refractivity contribution in [1.29, 1.82) is 0 Å². The van der Waals surface area contributed by atoms with E-state index in [1.165, 1.54) is 0 Å². The maximum atomic E-state index is 5.81. The second-order valence-electron chi connectivity index (χ2n) is 5.45. The van der Waals surface area contributed by atoms with Gasteiger partial charge in [-0.3, -0.25) is 4.68 Å². The molecular formula is C14H25N3O. The Morgan fingerprint density at radius 1 is 1.56 bits per heavy atom. The summed E-state index contributed by atoms with van der Waals surface area (Å²) < 4.78 is 7.66. The first-order valence-corrected chi connectivity index (χ1v) is 6.93. The fourth-order valence-corrected chi connectivity index (χ4v) is 2.85. The lowest BCUT2D eigenvalue weighted by Crippen LogP contribution is -2.61. The van der Waals surface area contributed by atoms with Gasteiger partial charge < -0.3 is 10.1 Å². The van der Waals surface area contributed by atoms with E-state index in [2.05, 4.69) is 37.3 Å². The van der Waals surface area contributed by atoms with E-state index in [1.807, 2.05) is 17.9 Å². The summed E-state index contributed by atoms with van der Waals surface area (Å²) in [5.74, 6) is 0. The highest BCUT2D eigenvalue weighted by atomic mass is 16.5. The zero-order valence-corrected chi connectivity index (χ0v) is 11.9. The Labute approximate surface area is 110 Å². The highest BCUT2D eigenvalue weighted by Gasteiger charge is 2.50. The quantitative estimate of drug-likeness (QED) is 0.841. The van der Waals surface area contributed by atoms with Gasteiger partial charge in [0.05, 0.1) is 11.8 Å². The largest absolute Gasteiger partial charge is 0.378 e. The molecule has 0 amide bonds. The molecule has 0 aromatic carbocycles. The van der Waals surface area contributed by atoms with E-state index in [9.17, 15) is 0 Å². The van der Waals surface area contributed by atoms with E-state index in [-0.39, 0.29) is 5.41 Å². The average Bonchev–Trinajstić information content (AvgIpc) is 2.77. The Hall–Kier alpha value is -0.870. The molecule has 4 nitrogen and oxygen atoms in total. The molecule has 1 fully saturated rings. The molecule has 1 aromatic rings. The average molecular weight is 251 g/mol. The van der Waals surface area contributed by atoms with Crippen LogP contribution in [0.4, 0.5) is 0 Å². The summed E-state index contributed by atoms with van der Waals surface area (Å²) in [6, 6.07) is 2.61. The van der Waals surface area contributed by atoms with Crippen molar-refractivity contribution in [1.82, 2.24) is 15.1 Å². The minimum absolute atomic E-state index is 0.269. The van der Waals surface area contributed by atoms with Crippen LogP contribution in [-0.4, -0.2) is 28.5 Å². The van der Waals surface area contributed by atoms with Gasteiger partial charge in [0.25, 0.3) is 0 Å². The number of aromatic nitrogens is 2. The fraction of sp³-hybridized carbons (Fsp3) is 0.786. The van der Waals surface area contributed by atoms with Gasteiger partial charge in [-0.2, -0.15) is 5.10 Å². The molecule has 0 saturated heterocycles. The Balaban J connectivity index is 1.87. The predicted molar refractivity (Wildman–Crippen MR) is 72.3 cm³/mol. The number of nitrogens with zero attached hydrogens (tertiary/aromatic N) is 2. The molecule has 1 aliphatic rings. The summed E-state index contributed by atoms with van der Waals surface area (Å²) in [4.78, 5) is 0. The molecule has 3 unspecified atom stereocenters. The summed E-state index contributed by atoms with van der Waals surface area (Å²) in [6.07, 6.45) is 4.66. The van der Waals surface area contributed by atoms with E-state index in [0.29, 0.717) is 12.1 Å². The molecule has 18 heavy (non-hydrogen) atoms. The fourth-order valence-electron chi connectivity index (χ4n) is 2.85. The van der Waals surface area contributed by atoms with Gasteiger partial charge in [-0.1, -0.05) is 13.8 Å². The topological polar surface area (TPSA) is 39.1 Å². The third-order valence-electron chi connectivity index (χ3n) is 4.41. The number of aryl methyl sites for hydroxylation is 1. The monoisotopic (exact) mass is 251 g/mol. The van der Waals surface area contributed by atoms with Crippen molar-refractivity contribution < 1.29 is 4.74 Å². The van der Waals surface area contributed by atoms with Crippen molar-refractivity contribution in [3.05, 3.63) is 18.0 Å². The van der Waals surface area contributed by atoms with E-state index in [4.69, 9.17) is 4.74 Å². The minimum Gasteiger partial charge on any atom is -0.378 e. The van der Waals surface area contributed by atoms with Gasteiger partial charge >= 0.3 is 0 Å². The Kier molecular flexibility index (Phi) is 4.07. The van der Waals surface area contributed by atoms with Crippen LogP contribution in [0.1, 0.15) is 39.3 Å². The third-order valence-corrected chi connectivity index (χ3v) is 4.41. The minimum atomic E-state index is 0.269. The summed E-state index contributed by atoms with van der Waals surface area (Å²) >= 11 is 0. The molecule has 1 aliphatic carbocycles. The van der Waals surface area contributed by atoms with Crippen molar-refractivity contribution in [3.63, 3.8) is 0 Å². The lowest BCUT2D eigenvalue weighted by molar-refractivity contribution is -0.126. The molecule has 4 heteroatoms. The van der Waals surface area contributed by atoms with E-state index in [1.54, 1.807) is 0 Å². The van der Waals surface area contributed by atoms with Crippen molar-refractivity contribution >= 4 is 0 Å². The highest BCUT2D eigenvalue weighted by Crippen LogP contribution is 2.45. The number of rotatable bonds is 6. The summed E-state index contributed by atoms with van der Waals surface area (Å²) in [5.41, 5.74) is 1.38. The van der Waals surface area contributed by atoms with Crippen molar-refractivity contribution in [3.8, 4) is 0 Å². The standard InChI is InChI=1S/C14H25N3O/c1-5-14(3)12(9-13(14)18-6-2)15-10-11-7-8-17(4)16-11/h7-8,12-13,15H,5-6,9-10H2,1-4H3. The Morgan fingerprint density at radius 3 is 2.89 bits per heavy atom. The molecule has 0 aliphatic heterocycles. The third kappa shape index (κ3) is 2.45. The van der Waals surface area contributed by atoms with Gasteiger partial charge in [-0.15, -0.1) is 0 Å². The molecule has 0 radical (unpaired) electrons. The summed E-state index contributed by atoms with van der Waals surface area (Å²) in [6.45, 7) is 8.31. The van der Waals surface area contributed by atoms with Crippen LogP contribution in [0.3, 0.4) is 0 Å². The SMILES string of the molecule is CCOC1CC(NCc2ccn(C)n2)C1(C)CC. The van der Waals surface area contributed by atoms with Crippen LogP contribution in [0, 0.1) is 5.41 Å². The molecule has 2 rings (SSSR count). The van der Waals surface area contributed by atoms with Gasteiger partial charge in [0.15, 0.2) is 0 Å². The van der Waals surface area contributed by atoms with E-state index >= 15 is 0 Å². The van der Waals surface area contributed by atoms with Gasteiger partial charge in [-0.05, 0) is 25.8 Å². The lowest BCUT2D eigenvalue weighted by Gasteiger charge is -2.53. The van der Waals surface area contributed by atoms with Crippen molar-refractivity contribution in [2.45, 2.75) is 52.3 Å². The van der Waals surface area contributed by atoms with Crippen LogP contribution in [-0.2, 0) is 18.3 Å². The zero-order chi connectivity index (χ0) is 13.2. The van der Waals surface area contributed by atoms with Gasteiger partial charge in [0.1, 0.15) is 0 Å². The highest BCUT2D eigenvalue weighted by molar-refractivity contribution is 5.06. The van der Waals surface area contributed by atoms with Crippen LogP contribution < -0.4 is 5.32 Å². The van der Waals surface area contributed by atoms with Gasteiger partial charge in [0.2, 0.25) is 0 Å². The second-order valence-corrected chi connectivity index (χ2v) is 5.45. The zero-order valence-electron chi connectivity index (χ0n) is 11.9. The molecule has 3 atom stereocenters. The number of nitrogens with one attached hydrogen (secondary N) is 1. The van der Waals surface area contributed by atoms with Crippen LogP contribution in [0.5, 0.6) is 0 Å². The summed E-state index contributed by atoms with van der Waals surface area (Å²) in [5, 5.41) is 8.02. The first-order chi connectivity index (χ1) is 8.60. The second kappa shape index (κ2) is 5.41. The van der Waals surface area contributed by atoms with Crippen molar-refractivity contribution in [2.75, 3.05) is 6.61 Å². The lowest BCUT2D eigenvalue weighted by atomic mass is 9.61. The number of ether oxygens (including phenoxy) is 1. The maximum Gasteiger partial charge on any atom is 0.0762 e. The van der Waals surface area contributed by atoms with Crippen LogP contribution in [0.15, 0.2) is 12.3 Å². The number of hydrogen-bond acceptors (Lipinski definition) is 3. The summed E-state index contributed by atoms with van der Waals surface area (Å²) in [7, 11) is 1.95. The van der Waals surface area contributed by atoms with Gasteiger partial charge in [-0.25, -0.2) is 0 Å². The molecule has 102 valence electrons. The first kappa shape index (κ1) is 13.6. The van der Waals surface area contributed by atoms with Crippen LogP contribution >= 0.6 is 0 Å². The molecule has 1 saturated carbocycles. The molecular weight excluding hydrogens is 226 g/mol. The number of hydrogen-bond donors (Lipinski definition) is 1. The molecule has 0 spiro atoms. The van der Waals surface area contributed by atoms with Crippen LogP contribution in [0.25, 0.3) is 0 Å². The normalized spacial score (nSPS) is 31.3. The Bertz CT molecular complexity index is 390. The molecule has 1 N–H and O–H groups in total. The predicted octanol–water partition coefficient (Wildman–Crippen LogP) is 2.10. The van der Waals surface area contributed by atoms with Crippen LogP contribution in [0.2, 0.25) is 0 Å². The smallest absolute Gasteiger partial charge is 0.0762 e. The Morgan fingerprint density at radius 2 is 2.33 bits per heavy atom. The molecule has 0 bridgehead atoms. The van der Waals surface area contributed by atoms with E-state index in [0.717, 1.165) is 31.7 Å². The molecule has 1 heterocycles. The van der Waals surface area contributed by atoms with Crippen molar-refractivity contribution in [2.24, 2.45) is 12.5 Å². The maximum absolute atomic E-state index is 5.81. The van der Waals surface area contributed by atoms with Gasteiger partial charge in [0, 0.05) is 37.9 Å². The molecule has 1 aromatic heterocycles. The van der Waals surface area contributed by atoms with E-state index < -0.39 is 0 Å². The first-order valence-electron chi connectivity index (χ1n) is 6.93.